The van der Waals surface area contributed by atoms with Crippen LogP contribution in [0.4, 0.5) is 10.1 Å². The first-order valence-electron chi connectivity index (χ1n) is 5.46. The molecule has 0 aliphatic rings. The first-order valence-corrected chi connectivity index (χ1v) is 5.46. The summed E-state index contributed by atoms with van der Waals surface area (Å²) in [6, 6.07) is 12.5. The minimum absolute atomic E-state index is 0.00346. The lowest BCUT2D eigenvalue weighted by Gasteiger charge is -2.06. The van der Waals surface area contributed by atoms with Gasteiger partial charge >= 0.3 is 0 Å². The van der Waals surface area contributed by atoms with E-state index in [1.54, 1.807) is 30.3 Å². The summed E-state index contributed by atoms with van der Waals surface area (Å²) in [5.74, 6) is -1.05. The van der Waals surface area contributed by atoms with Crippen molar-refractivity contribution >= 4 is 11.6 Å². The van der Waals surface area contributed by atoms with E-state index in [9.17, 15) is 9.18 Å². The van der Waals surface area contributed by atoms with Crippen LogP contribution in [0.15, 0.2) is 48.5 Å². The number of carbonyl (C=O) groups excluding carboxylic acids is 1. The van der Waals surface area contributed by atoms with Crippen molar-refractivity contribution in [1.82, 2.24) is 0 Å². The van der Waals surface area contributed by atoms with Crippen molar-refractivity contribution in [2.24, 2.45) is 0 Å². The van der Waals surface area contributed by atoms with E-state index in [-0.39, 0.29) is 12.2 Å². The second-order valence-electron chi connectivity index (χ2n) is 3.79. The number of benzene rings is 2. The summed E-state index contributed by atoms with van der Waals surface area (Å²) in [7, 11) is 0. The third kappa shape index (κ3) is 2.73. The summed E-state index contributed by atoms with van der Waals surface area (Å²) in [5, 5.41) is 11.5. The van der Waals surface area contributed by atoms with Crippen molar-refractivity contribution in [1.29, 1.82) is 0 Å². The molecule has 0 saturated heterocycles. The Bertz CT molecular complexity index is 552. The van der Waals surface area contributed by atoms with Crippen LogP contribution in [0.25, 0.3) is 0 Å². The van der Waals surface area contributed by atoms with Crippen molar-refractivity contribution in [3.63, 3.8) is 0 Å². The molecule has 0 heterocycles. The number of hydrogen-bond donors (Lipinski definition) is 2. The molecule has 2 rings (SSSR count). The summed E-state index contributed by atoms with van der Waals surface area (Å²) in [4.78, 5) is 11.8. The number of halogens is 1. The maximum Gasteiger partial charge on any atom is 0.258 e. The van der Waals surface area contributed by atoms with Crippen LogP contribution in [-0.2, 0) is 6.61 Å². The van der Waals surface area contributed by atoms with Gasteiger partial charge in [0.2, 0.25) is 0 Å². The zero-order valence-electron chi connectivity index (χ0n) is 9.56. The number of aliphatic hydroxyl groups excluding tert-OH is 1. The standard InChI is InChI=1S/C14H12FNO2/c15-13-4-2-1-3-12(13)14(18)16-11-7-5-10(9-17)6-8-11/h1-8,17H,9H2,(H,16,18). The summed E-state index contributed by atoms with van der Waals surface area (Å²) in [5.41, 5.74) is 1.31. The second kappa shape index (κ2) is 5.42. The number of aliphatic hydroxyl groups is 1. The van der Waals surface area contributed by atoms with Gasteiger partial charge in [-0.3, -0.25) is 4.79 Å². The normalized spacial score (nSPS) is 10.1. The topological polar surface area (TPSA) is 49.3 Å². The molecular weight excluding hydrogens is 233 g/mol. The molecule has 0 fully saturated rings. The second-order valence-corrected chi connectivity index (χ2v) is 3.79. The lowest BCUT2D eigenvalue weighted by atomic mass is 10.2. The predicted octanol–water partition coefficient (Wildman–Crippen LogP) is 2.57. The van der Waals surface area contributed by atoms with Gasteiger partial charge in [-0.25, -0.2) is 4.39 Å². The highest BCUT2D eigenvalue weighted by atomic mass is 19.1. The number of amides is 1. The molecule has 2 aromatic rings. The van der Waals surface area contributed by atoms with E-state index in [1.165, 1.54) is 18.2 Å². The molecular formula is C14H12FNO2. The summed E-state index contributed by atoms with van der Waals surface area (Å²) < 4.78 is 13.4. The van der Waals surface area contributed by atoms with Crippen molar-refractivity contribution < 1.29 is 14.3 Å². The largest absolute Gasteiger partial charge is 0.392 e. The van der Waals surface area contributed by atoms with E-state index in [4.69, 9.17) is 5.11 Å². The molecule has 0 atom stereocenters. The average Bonchev–Trinajstić information content (AvgIpc) is 2.40. The zero-order valence-corrected chi connectivity index (χ0v) is 9.56. The molecule has 0 saturated carbocycles. The summed E-state index contributed by atoms with van der Waals surface area (Å²) in [6.45, 7) is -0.0540. The third-order valence-corrected chi connectivity index (χ3v) is 2.51. The molecule has 0 bridgehead atoms. The first-order chi connectivity index (χ1) is 8.70. The Kier molecular flexibility index (Phi) is 3.69. The van der Waals surface area contributed by atoms with Crippen LogP contribution in [0.2, 0.25) is 0 Å². The van der Waals surface area contributed by atoms with E-state index in [0.717, 1.165) is 5.56 Å². The van der Waals surface area contributed by atoms with Crippen LogP contribution in [0, 0.1) is 5.82 Å². The Morgan fingerprint density at radius 1 is 1.11 bits per heavy atom. The fraction of sp³-hybridized carbons (Fsp3) is 0.0714. The van der Waals surface area contributed by atoms with Gasteiger partial charge in [0.25, 0.3) is 5.91 Å². The van der Waals surface area contributed by atoms with E-state index in [2.05, 4.69) is 5.32 Å². The maximum atomic E-state index is 13.4. The number of hydrogen-bond acceptors (Lipinski definition) is 2. The van der Waals surface area contributed by atoms with Gasteiger partial charge in [0.05, 0.1) is 12.2 Å². The predicted molar refractivity (Wildman–Crippen MR) is 66.7 cm³/mol. The lowest BCUT2D eigenvalue weighted by Crippen LogP contribution is -2.13. The number of carbonyl (C=O) groups is 1. The first kappa shape index (κ1) is 12.3. The average molecular weight is 245 g/mol. The van der Waals surface area contributed by atoms with E-state index in [0.29, 0.717) is 5.69 Å². The van der Waals surface area contributed by atoms with Crippen molar-refractivity contribution in [2.45, 2.75) is 6.61 Å². The molecule has 0 aliphatic carbocycles. The van der Waals surface area contributed by atoms with Crippen LogP contribution in [-0.4, -0.2) is 11.0 Å². The highest BCUT2D eigenvalue weighted by molar-refractivity contribution is 6.04. The van der Waals surface area contributed by atoms with Crippen LogP contribution in [0.1, 0.15) is 15.9 Å². The number of anilines is 1. The minimum atomic E-state index is -0.554. The molecule has 0 unspecified atom stereocenters. The van der Waals surface area contributed by atoms with Crippen LogP contribution in [0.3, 0.4) is 0 Å². The van der Waals surface area contributed by atoms with Crippen molar-refractivity contribution in [2.75, 3.05) is 5.32 Å². The van der Waals surface area contributed by atoms with Gasteiger partial charge in [0, 0.05) is 5.69 Å². The van der Waals surface area contributed by atoms with Gasteiger partial charge in [-0.2, -0.15) is 0 Å². The Morgan fingerprint density at radius 3 is 2.39 bits per heavy atom. The van der Waals surface area contributed by atoms with Crippen molar-refractivity contribution in [3.05, 3.63) is 65.5 Å². The minimum Gasteiger partial charge on any atom is -0.392 e. The van der Waals surface area contributed by atoms with Gasteiger partial charge in [-0.1, -0.05) is 24.3 Å². The van der Waals surface area contributed by atoms with E-state index in [1.807, 2.05) is 0 Å². The number of rotatable bonds is 3. The molecule has 4 heteroatoms. The molecule has 2 aromatic carbocycles. The molecule has 0 aromatic heterocycles. The molecule has 1 amide bonds. The molecule has 3 nitrogen and oxygen atoms in total. The SMILES string of the molecule is O=C(Nc1ccc(CO)cc1)c1ccccc1F. The molecule has 0 radical (unpaired) electrons. The Hall–Kier alpha value is -2.20. The van der Waals surface area contributed by atoms with E-state index < -0.39 is 11.7 Å². The maximum absolute atomic E-state index is 13.4. The highest BCUT2D eigenvalue weighted by Gasteiger charge is 2.10. The quantitative estimate of drug-likeness (QED) is 0.873. The Morgan fingerprint density at radius 2 is 1.78 bits per heavy atom. The van der Waals surface area contributed by atoms with Gasteiger partial charge < -0.3 is 10.4 Å². The fourth-order valence-corrected chi connectivity index (χ4v) is 1.54. The zero-order chi connectivity index (χ0) is 13.0. The molecule has 0 spiro atoms. The molecule has 0 aliphatic heterocycles. The monoisotopic (exact) mass is 245 g/mol. The molecule has 92 valence electrons. The van der Waals surface area contributed by atoms with Crippen LogP contribution < -0.4 is 5.32 Å². The van der Waals surface area contributed by atoms with Gasteiger partial charge in [-0.15, -0.1) is 0 Å². The van der Waals surface area contributed by atoms with Crippen LogP contribution >= 0.6 is 0 Å². The molecule has 18 heavy (non-hydrogen) atoms. The Labute approximate surface area is 104 Å². The highest BCUT2D eigenvalue weighted by Crippen LogP contribution is 2.13. The lowest BCUT2D eigenvalue weighted by molar-refractivity contribution is 0.102. The number of nitrogens with one attached hydrogen (secondary N) is 1. The fourth-order valence-electron chi connectivity index (χ4n) is 1.54. The third-order valence-electron chi connectivity index (χ3n) is 2.51. The smallest absolute Gasteiger partial charge is 0.258 e. The Balaban J connectivity index is 2.14. The van der Waals surface area contributed by atoms with Gasteiger partial charge in [-0.05, 0) is 29.8 Å². The van der Waals surface area contributed by atoms with Crippen LogP contribution in [0.5, 0.6) is 0 Å². The van der Waals surface area contributed by atoms with Gasteiger partial charge in [0.15, 0.2) is 0 Å². The van der Waals surface area contributed by atoms with Gasteiger partial charge in [0.1, 0.15) is 5.82 Å². The molecule has 2 N–H and O–H groups in total. The summed E-state index contributed by atoms with van der Waals surface area (Å²) in [6.07, 6.45) is 0. The van der Waals surface area contributed by atoms with E-state index >= 15 is 0 Å². The van der Waals surface area contributed by atoms with Crippen molar-refractivity contribution in [3.8, 4) is 0 Å². The summed E-state index contributed by atoms with van der Waals surface area (Å²) >= 11 is 0.